The number of benzene rings is 2. The van der Waals surface area contributed by atoms with Gasteiger partial charge in [0.2, 0.25) is 0 Å². The van der Waals surface area contributed by atoms with Crippen LogP contribution in [0.1, 0.15) is 25.5 Å². The fourth-order valence-corrected chi connectivity index (χ4v) is 2.59. The minimum Gasteiger partial charge on any atom is -0.481 e. The molecule has 2 rings (SSSR count). The first-order valence-corrected chi connectivity index (χ1v) is 6.48. The van der Waals surface area contributed by atoms with Gasteiger partial charge in [0.1, 0.15) is 0 Å². The van der Waals surface area contributed by atoms with E-state index in [9.17, 15) is 9.90 Å². The Kier molecular flexibility index (Phi) is 3.86. The Bertz CT molecular complexity index is 587. The second kappa shape index (κ2) is 5.41. The van der Waals surface area contributed by atoms with Crippen molar-refractivity contribution in [1.82, 2.24) is 0 Å². The molecule has 0 fully saturated rings. The third-order valence-corrected chi connectivity index (χ3v) is 3.57. The van der Waals surface area contributed by atoms with Crippen LogP contribution in [0.3, 0.4) is 0 Å². The summed E-state index contributed by atoms with van der Waals surface area (Å²) in [7, 11) is 0. The highest BCUT2D eigenvalue weighted by Gasteiger charge is 2.30. The van der Waals surface area contributed by atoms with Crippen LogP contribution in [-0.2, 0) is 4.79 Å². The van der Waals surface area contributed by atoms with E-state index < -0.39 is 17.9 Å². The van der Waals surface area contributed by atoms with Crippen molar-refractivity contribution >= 4 is 16.7 Å². The van der Waals surface area contributed by atoms with E-state index in [-0.39, 0.29) is 5.92 Å². The third-order valence-electron chi connectivity index (χ3n) is 3.57. The normalized spacial score (nSPS) is 14.5. The number of carboxylic acids is 1. The summed E-state index contributed by atoms with van der Waals surface area (Å²) in [5.41, 5.74) is 7.13. The second-order valence-corrected chi connectivity index (χ2v) is 5.20. The molecular formula is C16H19NO2. The molecule has 2 aromatic carbocycles. The molecule has 0 saturated carbocycles. The highest BCUT2D eigenvalue weighted by molar-refractivity contribution is 5.86. The average Bonchev–Trinajstić information content (AvgIpc) is 2.37. The lowest BCUT2D eigenvalue weighted by Gasteiger charge is -2.24. The minimum atomic E-state index is -0.838. The van der Waals surface area contributed by atoms with Crippen molar-refractivity contribution in [2.75, 3.05) is 0 Å². The summed E-state index contributed by atoms with van der Waals surface area (Å²) in [6.07, 6.45) is 0. The fourth-order valence-electron chi connectivity index (χ4n) is 2.59. The highest BCUT2D eigenvalue weighted by Crippen LogP contribution is 2.31. The molecule has 3 heteroatoms. The Morgan fingerprint density at radius 3 is 2.37 bits per heavy atom. The Labute approximate surface area is 113 Å². The maximum atomic E-state index is 11.4. The number of hydrogen-bond donors (Lipinski definition) is 2. The first-order valence-electron chi connectivity index (χ1n) is 6.48. The molecule has 2 atom stereocenters. The van der Waals surface area contributed by atoms with E-state index in [0.717, 1.165) is 16.3 Å². The summed E-state index contributed by atoms with van der Waals surface area (Å²) in [5, 5.41) is 11.5. The molecule has 0 spiro atoms. The molecule has 3 nitrogen and oxygen atoms in total. The largest absolute Gasteiger partial charge is 0.481 e. The van der Waals surface area contributed by atoms with Gasteiger partial charge in [0.25, 0.3) is 0 Å². The van der Waals surface area contributed by atoms with Crippen LogP contribution in [0.25, 0.3) is 10.8 Å². The van der Waals surface area contributed by atoms with Gasteiger partial charge in [-0.1, -0.05) is 56.3 Å². The SMILES string of the molecule is CC(C)C(C(=O)O)C(N)c1cccc2ccccc12. The van der Waals surface area contributed by atoms with E-state index in [1.807, 2.05) is 56.3 Å². The number of rotatable bonds is 4. The zero-order valence-electron chi connectivity index (χ0n) is 11.2. The Balaban J connectivity index is 2.51. The van der Waals surface area contributed by atoms with Crippen LogP contribution in [0.15, 0.2) is 42.5 Å². The van der Waals surface area contributed by atoms with Gasteiger partial charge in [0.05, 0.1) is 5.92 Å². The molecule has 0 aromatic heterocycles. The van der Waals surface area contributed by atoms with Crippen molar-refractivity contribution in [1.29, 1.82) is 0 Å². The minimum absolute atomic E-state index is 0.00790. The molecule has 19 heavy (non-hydrogen) atoms. The lowest BCUT2D eigenvalue weighted by atomic mass is 9.83. The molecule has 0 saturated heterocycles. The second-order valence-electron chi connectivity index (χ2n) is 5.20. The summed E-state index contributed by atoms with van der Waals surface area (Å²) >= 11 is 0. The first kappa shape index (κ1) is 13.6. The first-order chi connectivity index (χ1) is 9.02. The molecule has 2 aromatic rings. The number of hydrogen-bond acceptors (Lipinski definition) is 2. The standard InChI is InChI=1S/C16H19NO2/c1-10(2)14(16(18)19)15(17)13-9-5-7-11-6-3-4-8-12(11)13/h3-10,14-15H,17H2,1-2H3,(H,18,19). The van der Waals surface area contributed by atoms with Crippen LogP contribution in [-0.4, -0.2) is 11.1 Å². The predicted molar refractivity (Wildman–Crippen MR) is 76.8 cm³/mol. The molecule has 0 amide bonds. The zero-order valence-corrected chi connectivity index (χ0v) is 11.2. The van der Waals surface area contributed by atoms with Crippen LogP contribution >= 0.6 is 0 Å². The van der Waals surface area contributed by atoms with Crippen LogP contribution in [0, 0.1) is 11.8 Å². The van der Waals surface area contributed by atoms with Crippen LogP contribution < -0.4 is 5.73 Å². The van der Waals surface area contributed by atoms with Gasteiger partial charge < -0.3 is 10.8 Å². The topological polar surface area (TPSA) is 63.3 Å². The summed E-state index contributed by atoms with van der Waals surface area (Å²) < 4.78 is 0. The van der Waals surface area contributed by atoms with E-state index >= 15 is 0 Å². The van der Waals surface area contributed by atoms with E-state index in [1.54, 1.807) is 0 Å². The van der Waals surface area contributed by atoms with Gasteiger partial charge in [0.15, 0.2) is 0 Å². The molecule has 0 radical (unpaired) electrons. The number of nitrogens with two attached hydrogens (primary N) is 1. The summed E-state index contributed by atoms with van der Waals surface area (Å²) in [4.78, 5) is 11.4. The van der Waals surface area contributed by atoms with Crippen LogP contribution in [0.4, 0.5) is 0 Å². The predicted octanol–water partition coefficient (Wildman–Crippen LogP) is 3.20. The van der Waals surface area contributed by atoms with Crippen LogP contribution in [0.5, 0.6) is 0 Å². The van der Waals surface area contributed by atoms with Crippen LogP contribution in [0.2, 0.25) is 0 Å². The van der Waals surface area contributed by atoms with Crippen molar-refractivity contribution in [3.8, 4) is 0 Å². The van der Waals surface area contributed by atoms with E-state index in [1.165, 1.54) is 0 Å². The van der Waals surface area contributed by atoms with E-state index in [0.29, 0.717) is 0 Å². The van der Waals surface area contributed by atoms with E-state index in [2.05, 4.69) is 0 Å². The molecule has 0 aliphatic carbocycles. The van der Waals surface area contributed by atoms with E-state index in [4.69, 9.17) is 5.73 Å². The van der Waals surface area contributed by atoms with Crippen molar-refractivity contribution in [3.63, 3.8) is 0 Å². The maximum Gasteiger partial charge on any atom is 0.308 e. The monoisotopic (exact) mass is 257 g/mol. The lowest BCUT2D eigenvalue weighted by molar-refractivity contribution is -0.144. The van der Waals surface area contributed by atoms with Gasteiger partial charge in [0, 0.05) is 6.04 Å². The third kappa shape index (κ3) is 2.61. The molecule has 3 N–H and O–H groups in total. The van der Waals surface area contributed by atoms with Crippen molar-refractivity contribution in [2.24, 2.45) is 17.6 Å². The molecule has 0 aliphatic heterocycles. The maximum absolute atomic E-state index is 11.4. The quantitative estimate of drug-likeness (QED) is 0.884. The Hall–Kier alpha value is -1.87. The smallest absolute Gasteiger partial charge is 0.308 e. The van der Waals surface area contributed by atoms with Gasteiger partial charge >= 0.3 is 5.97 Å². The molecule has 100 valence electrons. The van der Waals surface area contributed by atoms with Crippen molar-refractivity contribution in [3.05, 3.63) is 48.0 Å². The molecule has 2 unspecified atom stereocenters. The lowest BCUT2D eigenvalue weighted by Crippen LogP contribution is -2.32. The van der Waals surface area contributed by atoms with Gasteiger partial charge in [-0.25, -0.2) is 0 Å². The number of carbonyl (C=O) groups is 1. The number of aliphatic carboxylic acids is 1. The highest BCUT2D eigenvalue weighted by atomic mass is 16.4. The Morgan fingerprint density at radius 2 is 1.74 bits per heavy atom. The number of carboxylic acid groups (broad SMARTS) is 1. The van der Waals surface area contributed by atoms with Crippen molar-refractivity contribution < 1.29 is 9.90 Å². The molecular weight excluding hydrogens is 238 g/mol. The van der Waals surface area contributed by atoms with Gasteiger partial charge in [-0.2, -0.15) is 0 Å². The van der Waals surface area contributed by atoms with Gasteiger partial charge in [-0.05, 0) is 22.3 Å². The molecule has 0 heterocycles. The summed E-state index contributed by atoms with van der Waals surface area (Å²) in [6, 6.07) is 13.3. The summed E-state index contributed by atoms with van der Waals surface area (Å²) in [6.45, 7) is 3.79. The van der Waals surface area contributed by atoms with Gasteiger partial charge in [-0.15, -0.1) is 0 Å². The Morgan fingerprint density at radius 1 is 1.11 bits per heavy atom. The zero-order chi connectivity index (χ0) is 14.0. The fraction of sp³-hybridized carbons (Fsp3) is 0.312. The molecule has 0 bridgehead atoms. The number of fused-ring (bicyclic) bond motifs is 1. The summed E-state index contributed by atoms with van der Waals surface area (Å²) in [5.74, 6) is -1.42. The average molecular weight is 257 g/mol. The van der Waals surface area contributed by atoms with Crippen molar-refractivity contribution in [2.45, 2.75) is 19.9 Å². The van der Waals surface area contributed by atoms with Gasteiger partial charge in [-0.3, -0.25) is 4.79 Å². The molecule has 0 aliphatic rings.